The van der Waals surface area contributed by atoms with E-state index in [-0.39, 0.29) is 18.2 Å². The highest BCUT2D eigenvalue weighted by Gasteiger charge is 2.42. The standard InChI is InChI=1S/C29H41N3O5/c1-9-29(7,8)32(26(35)20(3)31-27(36)37-28(4,5)6)24(22-15-16-23(33)19(2)17-22)25(34)30-18-21-13-11-10-12-14-21/h10-17,20,24,33H,9,18H2,1-8H3,(H,30,34)(H,31,36). The van der Waals surface area contributed by atoms with E-state index in [2.05, 4.69) is 10.6 Å². The zero-order chi connectivity index (χ0) is 28.0. The molecule has 2 rings (SSSR count). The number of hydrogen-bond donors (Lipinski definition) is 3. The van der Waals surface area contributed by atoms with Gasteiger partial charge in [-0.3, -0.25) is 9.59 Å². The van der Waals surface area contributed by atoms with E-state index in [1.807, 2.05) is 51.1 Å². The molecule has 8 nitrogen and oxygen atoms in total. The first-order valence-electron chi connectivity index (χ1n) is 12.6. The van der Waals surface area contributed by atoms with Crippen LogP contribution < -0.4 is 10.6 Å². The summed E-state index contributed by atoms with van der Waals surface area (Å²) in [6.45, 7) is 14.5. The van der Waals surface area contributed by atoms with Crippen LogP contribution in [-0.4, -0.2) is 45.1 Å². The monoisotopic (exact) mass is 511 g/mol. The second kappa shape index (κ2) is 12.1. The first-order valence-corrected chi connectivity index (χ1v) is 12.6. The van der Waals surface area contributed by atoms with Gasteiger partial charge in [0.05, 0.1) is 0 Å². The molecular formula is C29H41N3O5. The molecule has 0 saturated heterocycles. The minimum absolute atomic E-state index is 0.0970. The van der Waals surface area contributed by atoms with Crippen LogP contribution in [0, 0.1) is 6.92 Å². The van der Waals surface area contributed by atoms with Gasteiger partial charge in [-0.2, -0.15) is 0 Å². The summed E-state index contributed by atoms with van der Waals surface area (Å²) in [7, 11) is 0. The number of ether oxygens (including phenoxy) is 1. The minimum atomic E-state index is -1.01. The Balaban J connectivity index is 2.49. The van der Waals surface area contributed by atoms with Crippen molar-refractivity contribution in [1.82, 2.24) is 15.5 Å². The van der Waals surface area contributed by atoms with Crippen molar-refractivity contribution in [2.24, 2.45) is 0 Å². The van der Waals surface area contributed by atoms with Gasteiger partial charge in [0.15, 0.2) is 0 Å². The van der Waals surface area contributed by atoms with Crippen molar-refractivity contribution in [3.8, 4) is 5.75 Å². The molecule has 202 valence electrons. The first kappa shape index (κ1) is 29.7. The Morgan fingerprint density at radius 1 is 1.03 bits per heavy atom. The number of carbonyl (C=O) groups excluding carboxylic acids is 3. The average Bonchev–Trinajstić information content (AvgIpc) is 2.81. The summed E-state index contributed by atoms with van der Waals surface area (Å²) in [6.07, 6.45) is -0.162. The molecule has 0 fully saturated rings. The Morgan fingerprint density at radius 2 is 1.65 bits per heavy atom. The molecule has 2 aromatic rings. The lowest BCUT2D eigenvalue weighted by atomic mass is 9.91. The minimum Gasteiger partial charge on any atom is -0.508 e. The normalized spacial score (nSPS) is 13.3. The average molecular weight is 512 g/mol. The lowest BCUT2D eigenvalue weighted by molar-refractivity contribution is -0.149. The fraction of sp³-hybridized carbons (Fsp3) is 0.483. The molecule has 2 atom stereocenters. The number of benzene rings is 2. The number of phenolic OH excluding ortho intramolecular Hbond substituents is 1. The largest absolute Gasteiger partial charge is 0.508 e. The van der Waals surface area contributed by atoms with E-state index in [1.54, 1.807) is 46.8 Å². The Hall–Kier alpha value is -3.55. The van der Waals surface area contributed by atoms with E-state index >= 15 is 0 Å². The maximum atomic E-state index is 13.9. The molecule has 0 aliphatic heterocycles. The summed E-state index contributed by atoms with van der Waals surface area (Å²) in [5.74, 6) is -0.698. The SMILES string of the molecule is CCC(C)(C)N(C(=O)C(C)NC(=O)OC(C)(C)C)C(C(=O)NCc1ccccc1)c1ccc(O)c(C)c1. The van der Waals surface area contributed by atoms with Gasteiger partial charge in [-0.05, 0) is 83.7 Å². The highest BCUT2D eigenvalue weighted by molar-refractivity contribution is 5.92. The fourth-order valence-corrected chi connectivity index (χ4v) is 3.85. The molecule has 0 bridgehead atoms. The third-order valence-corrected chi connectivity index (χ3v) is 6.21. The highest BCUT2D eigenvalue weighted by Crippen LogP contribution is 2.33. The summed E-state index contributed by atoms with van der Waals surface area (Å²) < 4.78 is 5.33. The van der Waals surface area contributed by atoms with Gasteiger partial charge >= 0.3 is 6.09 Å². The fourth-order valence-electron chi connectivity index (χ4n) is 3.85. The molecule has 3 amide bonds. The van der Waals surface area contributed by atoms with Crippen LogP contribution in [0.4, 0.5) is 4.79 Å². The van der Waals surface area contributed by atoms with Crippen molar-refractivity contribution in [1.29, 1.82) is 0 Å². The molecule has 8 heteroatoms. The molecular weight excluding hydrogens is 470 g/mol. The van der Waals surface area contributed by atoms with Crippen LogP contribution in [0.3, 0.4) is 0 Å². The van der Waals surface area contributed by atoms with E-state index in [0.717, 1.165) is 5.56 Å². The predicted molar refractivity (Wildman–Crippen MR) is 144 cm³/mol. The Labute approximate surface area is 220 Å². The first-order chi connectivity index (χ1) is 17.2. The van der Waals surface area contributed by atoms with Gasteiger partial charge in [0.1, 0.15) is 23.4 Å². The number of aromatic hydroxyl groups is 1. The second-order valence-electron chi connectivity index (χ2n) is 10.9. The van der Waals surface area contributed by atoms with Crippen molar-refractivity contribution >= 4 is 17.9 Å². The molecule has 0 spiro atoms. The summed E-state index contributed by atoms with van der Waals surface area (Å²) in [6, 6.07) is 12.4. The predicted octanol–water partition coefficient (Wildman–Crippen LogP) is 4.99. The summed E-state index contributed by atoms with van der Waals surface area (Å²) in [5, 5.41) is 15.7. The van der Waals surface area contributed by atoms with E-state index in [1.165, 1.54) is 11.0 Å². The summed E-state index contributed by atoms with van der Waals surface area (Å²) >= 11 is 0. The van der Waals surface area contributed by atoms with Crippen LogP contribution in [0.2, 0.25) is 0 Å². The summed E-state index contributed by atoms with van der Waals surface area (Å²) in [4.78, 5) is 41.6. The quantitative estimate of drug-likeness (QED) is 0.440. The van der Waals surface area contributed by atoms with E-state index in [4.69, 9.17) is 4.74 Å². The van der Waals surface area contributed by atoms with Crippen LogP contribution >= 0.6 is 0 Å². The van der Waals surface area contributed by atoms with Gasteiger partial charge in [0.2, 0.25) is 11.8 Å². The third-order valence-electron chi connectivity index (χ3n) is 6.21. The molecule has 0 aliphatic rings. The second-order valence-corrected chi connectivity index (χ2v) is 10.9. The van der Waals surface area contributed by atoms with Crippen LogP contribution in [-0.2, 0) is 20.9 Å². The van der Waals surface area contributed by atoms with Crippen molar-refractivity contribution < 1.29 is 24.2 Å². The van der Waals surface area contributed by atoms with Crippen LogP contribution in [0.25, 0.3) is 0 Å². The number of phenols is 1. The third kappa shape index (κ3) is 8.23. The molecule has 0 radical (unpaired) electrons. The van der Waals surface area contributed by atoms with Gasteiger partial charge in [0.25, 0.3) is 0 Å². The molecule has 0 saturated carbocycles. The van der Waals surface area contributed by atoms with E-state index in [0.29, 0.717) is 17.5 Å². The zero-order valence-corrected chi connectivity index (χ0v) is 23.2. The molecule has 0 heterocycles. The van der Waals surface area contributed by atoms with Crippen molar-refractivity contribution in [2.75, 3.05) is 0 Å². The van der Waals surface area contributed by atoms with Crippen molar-refractivity contribution in [3.63, 3.8) is 0 Å². The molecule has 0 aliphatic carbocycles. The van der Waals surface area contributed by atoms with Crippen molar-refractivity contribution in [2.45, 2.75) is 91.6 Å². The Kier molecular flexibility index (Phi) is 9.73. The number of nitrogens with zero attached hydrogens (tertiary/aromatic N) is 1. The molecule has 2 aromatic carbocycles. The number of amides is 3. The van der Waals surface area contributed by atoms with Gasteiger partial charge in [-0.25, -0.2) is 4.79 Å². The molecule has 0 aromatic heterocycles. The van der Waals surface area contributed by atoms with Gasteiger partial charge in [-0.1, -0.05) is 43.3 Å². The number of rotatable bonds is 9. The smallest absolute Gasteiger partial charge is 0.408 e. The molecule has 2 unspecified atom stereocenters. The van der Waals surface area contributed by atoms with Crippen LogP contribution in [0.1, 0.15) is 77.6 Å². The zero-order valence-electron chi connectivity index (χ0n) is 23.2. The Morgan fingerprint density at radius 3 is 2.19 bits per heavy atom. The van der Waals surface area contributed by atoms with Gasteiger partial charge in [-0.15, -0.1) is 0 Å². The topological polar surface area (TPSA) is 108 Å². The Bertz CT molecular complexity index is 1090. The lowest BCUT2D eigenvalue weighted by Crippen LogP contribution is -2.58. The maximum absolute atomic E-state index is 13.9. The maximum Gasteiger partial charge on any atom is 0.408 e. The number of aryl methyl sites for hydroxylation is 1. The van der Waals surface area contributed by atoms with Crippen LogP contribution in [0.5, 0.6) is 5.75 Å². The van der Waals surface area contributed by atoms with Crippen molar-refractivity contribution in [3.05, 3.63) is 65.2 Å². The van der Waals surface area contributed by atoms with Gasteiger partial charge in [0, 0.05) is 12.1 Å². The molecule has 37 heavy (non-hydrogen) atoms. The highest BCUT2D eigenvalue weighted by atomic mass is 16.6. The van der Waals surface area contributed by atoms with E-state index < -0.39 is 35.2 Å². The number of hydrogen-bond acceptors (Lipinski definition) is 5. The summed E-state index contributed by atoms with van der Waals surface area (Å²) in [5.41, 5.74) is 0.587. The lowest BCUT2D eigenvalue weighted by Gasteiger charge is -2.44. The van der Waals surface area contributed by atoms with Gasteiger partial charge < -0.3 is 25.4 Å². The van der Waals surface area contributed by atoms with E-state index in [9.17, 15) is 19.5 Å². The number of alkyl carbamates (subject to hydrolysis) is 1. The molecule has 3 N–H and O–H groups in total. The number of carbonyl (C=O) groups is 3. The number of nitrogens with one attached hydrogen (secondary N) is 2. The van der Waals surface area contributed by atoms with Crippen LogP contribution in [0.15, 0.2) is 48.5 Å².